The van der Waals surface area contributed by atoms with Gasteiger partial charge in [0.2, 0.25) is 0 Å². The quantitative estimate of drug-likeness (QED) is 0.745. The molecule has 0 aliphatic heterocycles. The maximum Gasteiger partial charge on any atom is 0.0127 e. The van der Waals surface area contributed by atoms with Gasteiger partial charge in [-0.05, 0) is 24.9 Å². The molecule has 0 aromatic heterocycles. The Morgan fingerprint density at radius 1 is 1.23 bits per heavy atom. The first-order chi connectivity index (χ1) is 6.29. The molecule has 0 aliphatic rings. The molecule has 1 aromatic carbocycles. The zero-order valence-electron chi connectivity index (χ0n) is 8.75. The molecule has 13 heavy (non-hydrogen) atoms. The summed E-state index contributed by atoms with van der Waals surface area (Å²) in [6.07, 6.45) is 1.17. The molecule has 1 nitrogen and oxygen atoms in total. The van der Waals surface area contributed by atoms with E-state index in [1.165, 1.54) is 12.0 Å². The SMILES string of the molecule is CCC(NC)C(C)c1ccccc1. The van der Waals surface area contributed by atoms with Gasteiger partial charge in [0.15, 0.2) is 0 Å². The van der Waals surface area contributed by atoms with Gasteiger partial charge in [-0.2, -0.15) is 0 Å². The molecule has 0 heterocycles. The summed E-state index contributed by atoms with van der Waals surface area (Å²) in [7, 11) is 2.04. The summed E-state index contributed by atoms with van der Waals surface area (Å²) in [6, 6.07) is 11.3. The van der Waals surface area contributed by atoms with Crippen molar-refractivity contribution in [2.45, 2.75) is 32.2 Å². The Labute approximate surface area is 81.2 Å². The van der Waals surface area contributed by atoms with Gasteiger partial charge in [-0.15, -0.1) is 0 Å². The Morgan fingerprint density at radius 2 is 1.85 bits per heavy atom. The summed E-state index contributed by atoms with van der Waals surface area (Å²) in [5.41, 5.74) is 1.42. The van der Waals surface area contributed by atoms with Crippen LogP contribution in [0.5, 0.6) is 0 Å². The molecular weight excluding hydrogens is 158 g/mol. The highest BCUT2D eigenvalue weighted by atomic mass is 14.9. The molecule has 0 saturated carbocycles. The van der Waals surface area contributed by atoms with Crippen molar-refractivity contribution in [1.29, 1.82) is 0 Å². The van der Waals surface area contributed by atoms with E-state index in [0.717, 1.165) is 0 Å². The van der Waals surface area contributed by atoms with Gasteiger partial charge < -0.3 is 5.32 Å². The van der Waals surface area contributed by atoms with E-state index in [2.05, 4.69) is 49.5 Å². The van der Waals surface area contributed by atoms with Crippen LogP contribution in [0.3, 0.4) is 0 Å². The number of likely N-dealkylation sites (N-methyl/N-ethyl adjacent to an activating group) is 1. The molecule has 1 N–H and O–H groups in total. The van der Waals surface area contributed by atoms with Gasteiger partial charge in [0.25, 0.3) is 0 Å². The van der Waals surface area contributed by atoms with Crippen LogP contribution in [0.1, 0.15) is 31.7 Å². The fraction of sp³-hybridized carbons (Fsp3) is 0.500. The molecule has 2 atom stereocenters. The minimum atomic E-state index is 0.586. The van der Waals surface area contributed by atoms with Gasteiger partial charge in [0.1, 0.15) is 0 Å². The normalized spacial score (nSPS) is 15.3. The van der Waals surface area contributed by atoms with E-state index in [-0.39, 0.29) is 0 Å². The summed E-state index contributed by atoms with van der Waals surface area (Å²) in [5, 5.41) is 3.35. The van der Waals surface area contributed by atoms with Crippen molar-refractivity contribution in [1.82, 2.24) is 5.32 Å². The van der Waals surface area contributed by atoms with E-state index in [0.29, 0.717) is 12.0 Å². The van der Waals surface area contributed by atoms with Crippen LogP contribution in [-0.4, -0.2) is 13.1 Å². The lowest BCUT2D eigenvalue weighted by atomic mass is 9.92. The van der Waals surface area contributed by atoms with Crippen molar-refractivity contribution >= 4 is 0 Å². The molecule has 1 heteroatoms. The largest absolute Gasteiger partial charge is 0.316 e. The van der Waals surface area contributed by atoms with Crippen molar-refractivity contribution in [3.05, 3.63) is 35.9 Å². The maximum absolute atomic E-state index is 3.35. The van der Waals surface area contributed by atoms with Crippen LogP contribution < -0.4 is 5.32 Å². The highest BCUT2D eigenvalue weighted by Gasteiger charge is 2.14. The number of hydrogen-bond acceptors (Lipinski definition) is 1. The topological polar surface area (TPSA) is 12.0 Å². The van der Waals surface area contributed by atoms with E-state index >= 15 is 0 Å². The average molecular weight is 177 g/mol. The van der Waals surface area contributed by atoms with Crippen LogP contribution in [-0.2, 0) is 0 Å². The van der Waals surface area contributed by atoms with Gasteiger partial charge in [-0.1, -0.05) is 44.2 Å². The van der Waals surface area contributed by atoms with Gasteiger partial charge in [0.05, 0.1) is 0 Å². The smallest absolute Gasteiger partial charge is 0.0127 e. The second-order valence-electron chi connectivity index (χ2n) is 3.50. The van der Waals surface area contributed by atoms with E-state index in [1.807, 2.05) is 7.05 Å². The van der Waals surface area contributed by atoms with Gasteiger partial charge in [0, 0.05) is 6.04 Å². The number of hydrogen-bond donors (Lipinski definition) is 1. The molecule has 0 saturated heterocycles. The van der Waals surface area contributed by atoms with Crippen LogP contribution in [0.15, 0.2) is 30.3 Å². The molecule has 0 amide bonds. The van der Waals surface area contributed by atoms with Gasteiger partial charge in [-0.3, -0.25) is 0 Å². The molecule has 72 valence electrons. The first-order valence-electron chi connectivity index (χ1n) is 5.01. The van der Waals surface area contributed by atoms with E-state index in [9.17, 15) is 0 Å². The first kappa shape index (κ1) is 10.3. The van der Waals surface area contributed by atoms with E-state index in [4.69, 9.17) is 0 Å². The van der Waals surface area contributed by atoms with Crippen molar-refractivity contribution < 1.29 is 0 Å². The third kappa shape index (κ3) is 2.56. The second-order valence-corrected chi connectivity index (χ2v) is 3.50. The number of rotatable bonds is 4. The zero-order chi connectivity index (χ0) is 9.68. The van der Waals surface area contributed by atoms with Crippen LogP contribution in [0.25, 0.3) is 0 Å². The minimum Gasteiger partial charge on any atom is -0.316 e. The van der Waals surface area contributed by atoms with Gasteiger partial charge in [-0.25, -0.2) is 0 Å². The van der Waals surface area contributed by atoms with Crippen molar-refractivity contribution in [2.75, 3.05) is 7.05 Å². The predicted molar refractivity (Wildman–Crippen MR) is 58.0 cm³/mol. The minimum absolute atomic E-state index is 0.586. The van der Waals surface area contributed by atoms with Crippen molar-refractivity contribution in [3.63, 3.8) is 0 Å². The van der Waals surface area contributed by atoms with Crippen LogP contribution in [0, 0.1) is 0 Å². The standard InChI is InChI=1S/C12H19N/c1-4-12(13-3)10(2)11-8-6-5-7-9-11/h5-10,12-13H,4H2,1-3H3. The molecular formula is C12H19N. The lowest BCUT2D eigenvalue weighted by Gasteiger charge is -2.22. The Morgan fingerprint density at radius 3 is 2.31 bits per heavy atom. The number of benzene rings is 1. The Bertz CT molecular complexity index is 226. The van der Waals surface area contributed by atoms with E-state index < -0.39 is 0 Å². The fourth-order valence-electron chi connectivity index (χ4n) is 1.80. The zero-order valence-corrected chi connectivity index (χ0v) is 8.75. The monoisotopic (exact) mass is 177 g/mol. The molecule has 0 fully saturated rings. The maximum atomic E-state index is 3.35. The third-order valence-corrected chi connectivity index (χ3v) is 2.74. The Balaban J connectivity index is 2.72. The highest BCUT2D eigenvalue weighted by Crippen LogP contribution is 2.20. The van der Waals surface area contributed by atoms with Crippen LogP contribution in [0.4, 0.5) is 0 Å². The van der Waals surface area contributed by atoms with Gasteiger partial charge >= 0.3 is 0 Å². The Hall–Kier alpha value is -0.820. The summed E-state index contributed by atoms with van der Waals surface area (Å²) < 4.78 is 0. The molecule has 0 radical (unpaired) electrons. The molecule has 0 spiro atoms. The molecule has 2 unspecified atom stereocenters. The molecule has 0 bridgehead atoms. The average Bonchev–Trinajstić information content (AvgIpc) is 2.21. The lowest BCUT2D eigenvalue weighted by molar-refractivity contribution is 0.473. The lowest BCUT2D eigenvalue weighted by Crippen LogP contribution is -2.29. The van der Waals surface area contributed by atoms with Crippen LogP contribution in [0.2, 0.25) is 0 Å². The predicted octanol–water partition coefficient (Wildman–Crippen LogP) is 2.79. The summed E-state index contributed by atoms with van der Waals surface area (Å²) in [4.78, 5) is 0. The van der Waals surface area contributed by atoms with Crippen LogP contribution >= 0.6 is 0 Å². The second kappa shape index (κ2) is 5.03. The van der Waals surface area contributed by atoms with Crippen molar-refractivity contribution in [2.24, 2.45) is 0 Å². The molecule has 0 aliphatic carbocycles. The number of nitrogens with one attached hydrogen (secondary N) is 1. The first-order valence-corrected chi connectivity index (χ1v) is 5.01. The molecule has 1 rings (SSSR count). The molecule has 1 aromatic rings. The fourth-order valence-corrected chi connectivity index (χ4v) is 1.80. The highest BCUT2D eigenvalue weighted by molar-refractivity contribution is 5.20. The van der Waals surface area contributed by atoms with E-state index in [1.54, 1.807) is 0 Å². The summed E-state index contributed by atoms with van der Waals surface area (Å²) in [6.45, 7) is 4.50. The summed E-state index contributed by atoms with van der Waals surface area (Å²) >= 11 is 0. The third-order valence-electron chi connectivity index (χ3n) is 2.74. The Kier molecular flexibility index (Phi) is 3.97. The summed E-state index contributed by atoms with van der Waals surface area (Å²) in [5.74, 6) is 0.594. The van der Waals surface area contributed by atoms with Crippen molar-refractivity contribution in [3.8, 4) is 0 Å².